The maximum Gasteiger partial charge on any atom is 0.137 e. The molecule has 0 unspecified atom stereocenters. The van der Waals surface area contributed by atoms with E-state index in [9.17, 15) is 0 Å². The molecule has 0 spiro atoms. The number of halogens is 1. The van der Waals surface area contributed by atoms with Crippen molar-refractivity contribution in [3.63, 3.8) is 0 Å². The number of rotatable bonds is 5. The van der Waals surface area contributed by atoms with Crippen LogP contribution in [-0.2, 0) is 6.54 Å². The molecule has 5 heteroatoms. The summed E-state index contributed by atoms with van der Waals surface area (Å²) in [7, 11) is 0. The second kappa shape index (κ2) is 5.30. The molecule has 0 amide bonds. The lowest BCUT2D eigenvalue weighted by molar-refractivity contribution is 0.286. The summed E-state index contributed by atoms with van der Waals surface area (Å²) in [6, 6.07) is 3.71. The quantitative estimate of drug-likeness (QED) is 0.777. The molecule has 2 aromatic rings. The van der Waals surface area contributed by atoms with Gasteiger partial charge in [0.1, 0.15) is 5.65 Å². The fraction of sp³-hybridized carbons (Fsp3) is 0.364. The zero-order valence-electron chi connectivity index (χ0n) is 8.86. The Morgan fingerprint density at radius 3 is 3.06 bits per heavy atom. The van der Waals surface area contributed by atoms with Crippen LogP contribution in [0.4, 0.5) is 0 Å². The van der Waals surface area contributed by atoms with E-state index in [0.717, 1.165) is 24.3 Å². The normalized spacial score (nSPS) is 11.1. The molecule has 0 radical (unpaired) electrons. The van der Waals surface area contributed by atoms with Crippen molar-refractivity contribution in [3.05, 3.63) is 35.2 Å². The molecule has 0 saturated carbocycles. The van der Waals surface area contributed by atoms with Crippen molar-refractivity contribution in [2.45, 2.75) is 13.0 Å². The van der Waals surface area contributed by atoms with Crippen molar-refractivity contribution >= 4 is 17.2 Å². The van der Waals surface area contributed by atoms with E-state index in [-0.39, 0.29) is 6.61 Å². The predicted molar refractivity (Wildman–Crippen MR) is 63.6 cm³/mol. The van der Waals surface area contributed by atoms with E-state index in [0.29, 0.717) is 11.6 Å². The van der Waals surface area contributed by atoms with Crippen molar-refractivity contribution in [1.29, 1.82) is 0 Å². The van der Waals surface area contributed by atoms with Crippen molar-refractivity contribution in [3.8, 4) is 0 Å². The number of imidazole rings is 1. The van der Waals surface area contributed by atoms with Crippen molar-refractivity contribution < 1.29 is 5.11 Å². The Hall–Kier alpha value is -1.10. The molecule has 16 heavy (non-hydrogen) atoms. The van der Waals surface area contributed by atoms with Gasteiger partial charge in [0, 0.05) is 25.5 Å². The summed E-state index contributed by atoms with van der Waals surface area (Å²) >= 11 is 5.88. The number of pyridine rings is 1. The summed E-state index contributed by atoms with van der Waals surface area (Å²) in [5.74, 6) is 0. The van der Waals surface area contributed by atoms with E-state index in [2.05, 4.69) is 10.3 Å². The fourth-order valence-corrected chi connectivity index (χ4v) is 1.69. The Balaban J connectivity index is 2.02. The summed E-state index contributed by atoms with van der Waals surface area (Å²) < 4.78 is 1.91. The number of aliphatic hydroxyl groups is 1. The number of hydrogen-bond donors (Lipinski definition) is 2. The fourth-order valence-electron chi connectivity index (χ4n) is 1.52. The topological polar surface area (TPSA) is 49.6 Å². The molecule has 2 N–H and O–H groups in total. The van der Waals surface area contributed by atoms with Crippen LogP contribution in [0.5, 0.6) is 0 Å². The molecule has 2 heterocycles. The average Bonchev–Trinajstić information content (AvgIpc) is 2.66. The molecule has 0 atom stereocenters. The highest BCUT2D eigenvalue weighted by Crippen LogP contribution is 2.11. The Kier molecular flexibility index (Phi) is 3.77. The highest BCUT2D eigenvalue weighted by Gasteiger charge is 2.01. The van der Waals surface area contributed by atoms with Gasteiger partial charge in [0.15, 0.2) is 0 Å². The zero-order valence-corrected chi connectivity index (χ0v) is 9.61. The Morgan fingerprint density at radius 1 is 1.38 bits per heavy atom. The lowest BCUT2D eigenvalue weighted by Crippen LogP contribution is -2.15. The summed E-state index contributed by atoms with van der Waals surface area (Å²) in [5, 5.41) is 12.5. The highest BCUT2D eigenvalue weighted by atomic mass is 35.5. The first-order valence-corrected chi connectivity index (χ1v) is 5.62. The molecule has 0 aliphatic rings. The first-order chi connectivity index (χ1) is 7.79. The van der Waals surface area contributed by atoms with Gasteiger partial charge in [-0.05, 0) is 25.1 Å². The lowest BCUT2D eigenvalue weighted by atomic mass is 10.4. The Labute approximate surface area is 98.9 Å². The van der Waals surface area contributed by atoms with Gasteiger partial charge in [-0.25, -0.2) is 4.98 Å². The number of nitrogens with one attached hydrogen (secondary N) is 1. The minimum atomic E-state index is 0.216. The van der Waals surface area contributed by atoms with Crippen molar-refractivity contribution in [1.82, 2.24) is 14.7 Å². The van der Waals surface area contributed by atoms with Gasteiger partial charge in [-0.1, -0.05) is 11.6 Å². The minimum Gasteiger partial charge on any atom is -0.396 e. The third-order valence-electron chi connectivity index (χ3n) is 2.28. The van der Waals surface area contributed by atoms with Gasteiger partial charge in [-0.3, -0.25) is 0 Å². The van der Waals surface area contributed by atoms with E-state index in [4.69, 9.17) is 16.7 Å². The van der Waals surface area contributed by atoms with Gasteiger partial charge < -0.3 is 14.8 Å². The average molecular weight is 240 g/mol. The van der Waals surface area contributed by atoms with Crippen LogP contribution in [0.25, 0.3) is 5.65 Å². The lowest BCUT2D eigenvalue weighted by Gasteiger charge is -1.98. The molecular formula is C11H14ClN3O. The third kappa shape index (κ3) is 2.72. The number of fused-ring (bicyclic) bond motifs is 1. The first-order valence-electron chi connectivity index (χ1n) is 5.24. The molecule has 0 bridgehead atoms. The van der Waals surface area contributed by atoms with E-state index < -0.39 is 0 Å². The van der Waals surface area contributed by atoms with Gasteiger partial charge >= 0.3 is 0 Å². The summed E-state index contributed by atoms with van der Waals surface area (Å²) in [6.07, 6.45) is 4.55. The van der Waals surface area contributed by atoms with E-state index in [1.165, 1.54) is 0 Å². The monoisotopic (exact) mass is 239 g/mol. The van der Waals surface area contributed by atoms with E-state index in [1.807, 2.05) is 28.9 Å². The van der Waals surface area contributed by atoms with Crippen LogP contribution < -0.4 is 5.32 Å². The summed E-state index contributed by atoms with van der Waals surface area (Å²) in [5.41, 5.74) is 1.86. The molecule has 0 saturated heterocycles. The van der Waals surface area contributed by atoms with Gasteiger partial charge in [0.25, 0.3) is 0 Å². The maximum absolute atomic E-state index is 8.63. The van der Waals surface area contributed by atoms with Crippen LogP contribution in [0.3, 0.4) is 0 Å². The summed E-state index contributed by atoms with van der Waals surface area (Å²) in [4.78, 5) is 4.43. The summed E-state index contributed by atoms with van der Waals surface area (Å²) in [6.45, 7) is 1.72. The van der Waals surface area contributed by atoms with Gasteiger partial charge in [-0.2, -0.15) is 0 Å². The third-order valence-corrected chi connectivity index (χ3v) is 2.51. The second-order valence-corrected chi connectivity index (χ2v) is 4.04. The molecule has 0 aliphatic carbocycles. The van der Waals surface area contributed by atoms with Crippen LogP contribution in [0.2, 0.25) is 5.02 Å². The largest absolute Gasteiger partial charge is 0.396 e. The first kappa shape index (κ1) is 11.4. The van der Waals surface area contributed by atoms with E-state index in [1.54, 1.807) is 0 Å². The number of hydrogen-bond acceptors (Lipinski definition) is 3. The van der Waals surface area contributed by atoms with Crippen LogP contribution in [-0.4, -0.2) is 27.6 Å². The van der Waals surface area contributed by atoms with Gasteiger partial charge in [0.2, 0.25) is 0 Å². The van der Waals surface area contributed by atoms with Crippen LogP contribution in [0.15, 0.2) is 24.5 Å². The minimum absolute atomic E-state index is 0.216. The molecule has 0 aliphatic heterocycles. The SMILES string of the molecule is OCCCNCc1cn2cc(Cl)ccc2n1. The van der Waals surface area contributed by atoms with Crippen LogP contribution in [0.1, 0.15) is 12.1 Å². The van der Waals surface area contributed by atoms with Crippen molar-refractivity contribution in [2.75, 3.05) is 13.2 Å². The zero-order chi connectivity index (χ0) is 11.4. The molecular weight excluding hydrogens is 226 g/mol. The number of nitrogens with zero attached hydrogens (tertiary/aromatic N) is 2. The molecule has 2 rings (SSSR count). The van der Waals surface area contributed by atoms with Gasteiger partial charge in [0.05, 0.1) is 10.7 Å². The van der Waals surface area contributed by atoms with Crippen molar-refractivity contribution in [2.24, 2.45) is 0 Å². The molecule has 0 fully saturated rings. The van der Waals surface area contributed by atoms with Crippen LogP contribution >= 0.6 is 11.6 Å². The number of aliphatic hydroxyl groups excluding tert-OH is 1. The number of aromatic nitrogens is 2. The Bertz CT molecular complexity index is 469. The molecule has 0 aromatic carbocycles. The molecule has 4 nitrogen and oxygen atoms in total. The standard InChI is InChI=1S/C11H14ClN3O/c12-9-2-3-11-14-10(8-15(11)7-9)6-13-4-1-5-16/h2-3,7-8,13,16H,1,4-6H2. The van der Waals surface area contributed by atoms with Gasteiger partial charge in [-0.15, -0.1) is 0 Å². The smallest absolute Gasteiger partial charge is 0.137 e. The van der Waals surface area contributed by atoms with E-state index >= 15 is 0 Å². The molecule has 86 valence electrons. The van der Waals surface area contributed by atoms with Crippen LogP contribution in [0, 0.1) is 0 Å². The maximum atomic E-state index is 8.63. The molecule has 2 aromatic heterocycles. The predicted octanol–water partition coefficient (Wildman–Crippen LogP) is 1.46. The second-order valence-electron chi connectivity index (χ2n) is 3.60. The Morgan fingerprint density at radius 2 is 2.25 bits per heavy atom. The highest BCUT2D eigenvalue weighted by molar-refractivity contribution is 6.30.